The van der Waals surface area contributed by atoms with E-state index in [0.29, 0.717) is 5.92 Å². The van der Waals surface area contributed by atoms with Crippen LogP contribution in [-0.2, 0) is 0 Å². The van der Waals surface area contributed by atoms with E-state index in [9.17, 15) is 9.65 Å². The largest absolute Gasteiger partial charge is 0.375 e. The van der Waals surface area contributed by atoms with Crippen LogP contribution in [0.3, 0.4) is 0 Å². The third-order valence-corrected chi connectivity index (χ3v) is 4.59. The molecule has 1 aromatic rings. The Labute approximate surface area is 126 Å². The van der Waals surface area contributed by atoms with Crippen molar-refractivity contribution in [1.29, 1.82) is 5.26 Å². The summed E-state index contributed by atoms with van der Waals surface area (Å²) >= 11 is 0. The minimum absolute atomic E-state index is 0.210. The average molecular weight is 289 g/mol. The molecule has 2 unspecified atom stereocenters. The summed E-state index contributed by atoms with van der Waals surface area (Å²) in [5, 5.41) is 13.0. The fraction of sp³-hybridized carbons (Fsp3) is 0.588. The number of nitrogens with zero attached hydrogens (tertiary/aromatic N) is 2. The van der Waals surface area contributed by atoms with Gasteiger partial charge in [0.2, 0.25) is 0 Å². The smallest absolute Gasteiger partial charge is 0.123 e. The maximum absolute atomic E-state index is 13.0. The lowest BCUT2D eigenvalue weighted by molar-refractivity contribution is 0.309. The predicted octanol–water partition coefficient (Wildman–Crippen LogP) is 3.32. The predicted molar refractivity (Wildman–Crippen MR) is 83.6 cm³/mol. The first-order valence-corrected chi connectivity index (χ1v) is 7.74. The van der Waals surface area contributed by atoms with E-state index < -0.39 is 0 Å². The second-order valence-electron chi connectivity index (χ2n) is 5.89. The quantitative estimate of drug-likeness (QED) is 0.873. The van der Waals surface area contributed by atoms with Gasteiger partial charge >= 0.3 is 0 Å². The summed E-state index contributed by atoms with van der Waals surface area (Å²) in [6.07, 6.45) is 4.15. The van der Waals surface area contributed by atoms with Crippen molar-refractivity contribution >= 4 is 5.69 Å². The highest BCUT2D eigenvalue weighted by molar-refractivity contribution is 5.45. The number of halogens is 1. The highest BCUT2D eigenvalue weighted by Gasteiger charge is 2.42. The summed E-state index contributed by atoms with van der Waals surface area (Å²) in [4.78, 5) is 2.13. The average Bonchev–Trinajstić information content (AvgIpc) is 2.89. The van der Waals surface area contributed by atoms with E-state index in [0.717, 1.165) is 44.5 Å². The van der Waals surface area contributed by atoms with Gasteiger partial charge in [-0.15, -0.1) is 0 Å². The Kier molecular flexibility index (Phi) is 5.19. The highest BCUT2D eigenvalue weighted by atomic mass is 19.1. The van der Waals surface area contributed by atoms with E-state index in [1.807, 2.05) is 7.05 Å². The maximum atomic E-state index is 13.0. The Bertz CT molecular complexity index is 494. The van der Waals surface area contributed by atoms with Crippen LogP contribution in [0.2, 0.25) is 0 Å². The lowest BCUT2D eigenvalue weighted by atomic mass is 9.85. The van der Waals surface area contributed by atoms with Gasteiger partial charge in [-0.2, -0.15) is 5.26 Å². The summed E-state index contributed by atoms with van der Waals surface area (Å²) in [6, 6.07) is 9.09. The molecule has 1 fully saturated rings. The maximum Gasteiger partial charge on any atom is 0.123 e. The standard InChI is InChI=1S/C17H24FN3/c1-3-20-17(13-19)11-4-5-14(17)10-12-21(2)16-8-6-15(18)7-9-16/h6-9,14,20H,3-5,10-12H2,1-2H3. The van der Waals surface area contributed by atoms with E-state index in [2.05, 4.69) is 23.2 Å². The Morgan fingerprint density at radius 1 is 1.43 bits per heavy atom. The van der Waals surface area contributed by atoms with E-state index in [4.69, 9.17) is 0 Å². The highest BCUT2D eigenvalue weighted by Crippen LogP contribution is 2.37. The Morgan fingerprint density at radius 2 is 2.14 bits per heavy atom. The van der Waals surface area contributed by atoms with Crippen molar-refractivity contribution in [3.63, 3.8) is 0 Å². The molecule has 1 aromatic carbocycles. The molecule has 0 aromatic heterocycles. The molecular weight excluding hydrogens is 265 g/mol. The topological polar surface area (TPSA) is 39.1 Å². The van der Waals surface area contributed by atoms with E-state index in [1.165, 1.54) is 12.1 Å². The third-order valence-electron chi connectivity index (χ3n) is 4.59. The second-order valence-corrected chi connectivity index (χ2v) is 5.89. The number of nitrogens with one attached hydrogen (secondary N) is 1. The zero-order valence-corrected chi connectivity index (χ0v) is 12.9. The summed E-state index contributed by atoms with van der Waals surface area (Å²) in [7, 11) is 2.02. The van der Waals surface area contributed by atoms with Crippen molar-refractivity contribution in [3.05, 3.63) is 30.1 Å². The van der Waals surface area contributed by atoms with Gasteiger partial charge in [0, 0.05) is 19.3 Å². The molecule has 114 valence electrons. The van der Waals surface area contributed by atoms with Crippen molar-refractivity contribution in [2.24, 2.45) is 5.92 Å². The molecule has 21 heavy (non-hydrogen) atoms. The van der Waals surface area contributed by atoms with Gasteiger partial charge in [-0.05, 0) is 56.0 Å². The fourth-order valence-corrected chi connectivity index (χ4v) is 3.38. The molecule has 1 aliphatic carbocycles. The number of hydrogen-bond acceptors (Lipinski definition) is 3. The Hall–Kier alpha value is -1.60. The monoisotopic (exact) mass is 289 g/mol. The number of benzene rings is 1. The molecule has 0 saturated heterocycles. The molecule has 1 N–H and O–H groups in total. The SMILES string of the molecule is CCNC1(C#N)CCCC1CCN(C)c1ccc(F)cc1. The molecule has 2 rings (SSSR count). The molecular formula is C17H24FN3. The van der Waals surface area contributed by atoms with Crippen molar-refractivity contribution in [1.82, 2.24) is 5.32 Å². The fourth-order valence-electron chi connectivity index (χ4n) is 3.38. The Balaban J connectivity index is 1.95. The van der Waals surface area contributed by atoms with Crippen LogP contribution in [0.4, 0.5) is 10.1 Å². The van der Waals surface area contributed by atoms with Gasteiger partial charge < -0.3 is 4.90 Å². The van der Waals surface area contributed by atoms with Gasteiger partial charge in [0.1, 0.15) is 11.4 Å². The molecule has 0 heterocycles. The summed E-state index contributed by atoms with van der Waals surface area (Å²) in [5.41, 5.74) is 0.665. The molecule has 3 nitrogen and oxygen atoms in total. The number of anilines is 1. The minimum atomic E-state index is -0.349. The molecule has 0 bridgehead atoms. The second kappa shape index (κ2) is 6.91. The van der Waals surface area contributed by atoms with Crippen LogP contribution in [0.5, 0.6) is 0 Å². The first-order valence-electron chi connectivity index (χ1n) is 7.74. The molecule has 2 atom stereocenters. The van der Waals surface area contributed by atoms with Crippen LogP contribution < -0.4 is 10.2 Å². The number of hydrogen-bond donors (Lipinski definition) is 1. The summed E-state index contributed by atoms with van der Waals surface area (Å²) < 4.78 is 13.0. The van der Waals surface area contributed by atoms with Crippen LogP contribution in [0.1, 0.15) is 32.6 Å². The zero-order valence-electron chi connectivity index (χ0n) is 12.9. The summed E-state index contributed by atoms with van der Waals surface area (Å²) in [6.45, 7) is 3.77. The van der Waals surface area contributed by atoms with E-state index >= 15 is 0 Å². The lowest BCUT2D eigenvalue weighted by Gasteiger charge is -2.31. The van der Waals surface area contributed by atoms with Crippen LogP contribution in [0.25, 0.3) is 0 Å². The normalized spacial score (nSPS) is 24.8. The molecule has 0 aliphatic heterocycles. The van der Waals surface area contributed by atoms with Crippen molar-refractivity contribution in [2.45, 2.75) is 38.1 Å². The van der Waals surface area contributed by atoms with Gasteiger partial charge in [0.25, 0.3) is 0 Å². The third kappa shape index (κ3) is 3.54. The zero-order chi connectivity index (χ0) is 15.3. The first-order chi connectivity index (χ1) is 10.1. The van der Waals surface area contributed by atoms with Gasteiger partial charge in [-0.25, -0.2) is 4.39 Å². The van der Waals surface area contributed by atoms with Crippen LogP contribution in [-0.4, -0.2) is 25.7 Å². The van der Waals surface area contributed by atoms with E-state index in [-0.39, 0.29) is 11.4 Å². The van der Waals surface area contributed by atoms with Crippen LogP contribution in [0.15, 0.2) is 24.3 Å². The van der Waals surface area contributed by atoms with Crippen molar-refractivity contribution in [3.8, 4) is 6.07 Å². The molecule has 0 spiro atoms. The Morgan fingerprint density at radius 3 is 2.76 bits per heavy atom. The molecule has 0 amide bonds. The number of rotatable bonds is 6. The minimum Gasteiger partial charge on any atom is -0.375 e. The van der Waals surface area contributed by atoms with Crippen LogP contribution >= 0.6 is 0 Å². The molecule has 1 aliphatic rings. The molecule has 0 radical (unpaired) electrons. The summed E-state index contributed by atoms with van der Waals surface area (Å²) in [5.74, 6) is 0.184. The van der Waals surface area contributed by atoms with Gasteiger partial charge in [-0.1, -0.05) is 13.3 Å². The lowest BCUT2D eigenvalue weighted by Crippen LogP contribution is -2.47. The van der Waals surface area contributed by atoms with Gasteiger partial charge in [0.05, 0.1) is 6.07 Å². The molecule has 4 heteroatoms. The molecule has 1 saturated carbocycles. The van der Waals surface area contributed by atoms with E-state index in [1.54, 1.807) is 12.1 Å². The van der Waals surface area contributed by atoms with Crippen molar-refractivity contribution < 1.29 is 4.39 Å². The van der Waals surface area contributed by atoms with Gasteiger partial charge in [-0.3, -0.25) is 5.32 Å². The first kappa shape index (κ1) is 15.8. The van der Waals surface area contributed by atoms with Gasteiger partial charge in [0.15, 0.2) is 0 Å². The number of nitriles is 1. The van der Waals surface area contributed by atoms with Crippen molar-refractivity contribution in [2.75, 3.05) is 25.0 Å². The van der Waals surface area contributed by atoms with Crippen LogP contribution in [0, 0.1) is 23.1 Å².